The van der Waals surface area contributed by atoms with E-state index in [1.54, 1.807) is 0 Å². The van der Waals surface area contributed by atoms with Crippen LogP contribution in [0.3, 0.4) is 0 Å². The number of nitroso groups, excluding NO2 is 1. The van der Waals surface area contributed by atoms with Crippen LogP contribution in [0.1, 0.15) is 62.7 Å². The van der Waals surface area contributed by atoms with E-state index in [0.29, 0.717) is 0 Å². The molecule has 0 aliphatic heterocycles. The number of halogens is 1. The highest BCUT2D eigenvalue weighted by atomic mass is 35.5. The first-order chi connectivity index (χ1) is 8.28. The van der Waals surface area contributed by atoms with E-state index in [-0.39, 0.29) is 10.8 Å². The summed E-state index contributed by atoms with van der Waals surface area (Å²) in [6, 6.07) is 6.11. The normalized spacial score (nSPS) is 22.1. The van der Waals surface area contributed by atoms with Crippen molar-refractivity contribution in [1.29, 1.82) is 0 Å². The van der Waals surface area contributed by atoms with Crippen LogP contribution in [-0.2, 0) is 10.8 Å². The lowest BCUT2D eigenvalue weighted by molar-refractivity contribution is 0.331. The van der Waals surface area contributed by atoms with E-state index in [1.165, 1.54) is 17.5 Å². The summed E-state index contributed by atoms with van der Waals surface area (Å²) >= 11 is 5.92. The Balaban J connectivity index is 2.58. The number of benzene rings is 1. The topological polar surface area (TPSA) is 29.4 Å². The van der Waals surface area contributed by atoms with E-state index in [1.807, 2.05) is 6.07 Å². The molecule has 3 heteroatoms. The summed E-state index contributed by atoms with van der Waals surface area (Å²) in [6.45, 7) is 9.05. The minimum Gasteiger partial charge on any atom is -0.149 e. The molecule has 1 aromatic carbocycles. The molecule has 18 heavy (non-hydrogen) atoms. The molecule has 0 saturated heterocycles. The zero-order valence-corrected chi connectivity index (χ0v) is 12.2. The maximum Gasteiger partial charge on any atom is 0.190 e. The molecule has 0 bridgehead atoms. The highest BCUT2D eigenvalue weighted by Gasteiger charge is 2.37. The van der Waals surface area contributed by atoms with Crippen molar-refractivity contribution < 1.29 is 0 Å². The van der Waals surface area contributed by atoms with Gasteiger partial charge in [0.1, 0.15) is 0 Å². The van der Waals surface area contributed by atoms with Crippen molar-refractivity contribution >= 4 is 11.6 Å². The highest BCUT2D eigenvalue weighted by molar-refractivity contribution is 6.20. The summed E-state index contributed by atoms with van der Waals surface area (Å²) in [5.74, 6) is 0. The molecule has 1 atom stereocenters. The molecule has 0 radical (unpaired) electrons. The minimum atomic E-state index is -0.781. The summed E-state index contributed by atoms with van der Waals surface area (Å²) in [5.41, 5.74) is 3.04. The second-order valence-corrected chi connectivity index (χ2v) is 6.93. The SMILES string of the molecule is CC1(C)CCC(C)(C)c2cc(C(Cl)N=O)ccc21. The molecule has 1 aliphatic carbocycles. The molecule has 98 valence electrons. The van der Waals surface area contributed by atoms with Gasteiger partial charge in [0.25, 0.3) is 0 Å². The summed E-state index contributed by atoms with van der Waals surface area (Å²) in [7, 11) is 0. The molecule has 0 spiro atoms. The largest absolute Gasteiger partial charge is 0.190 e. The third-order valence-electron chi connectivity index (χ3n) is 4.24. The average Bonchev–Trinajstić information content (AvgIpc) is 2.34. The molecule has 0 heterocycles. The van der Waals surface area contributed by atoms with Gasteiger partial charge in [0.2, 0.25) is 0 Å². The van der Waals surface area contributed by atoms with E-state index in [4.69, 9.17) is 11.6 Å². The molecule has 0 fully saturated rings. The van der Waals surface area contributed by atoms with Crippen LogP contribution in [0.2, 0.25) is 0 Å². The summed E-state index contributed by atoms with van der Waals surface area (Å²) in [5, 5.41) is 2.91. The molecule has 0 amide bonds. The van der Waals surface area contributed by atoms with Gasteiger partial charge in [0, 0.05) is 0 Å². The van der Waals surface area contributed by atoms with Crippen molar-refractivity contribution in [2.45, 2.75) is 56.9 Å². The maximum absolute atomic E-state index is 10.6. The monoisotopic (exact) mass is 265 g/mol. The van der Waals surface area contributed by atoms with Gasteiger partial charge in [-0.05, 0) is 45.5 Å². The lowest BCUT2D eigenvalue weighted by atomic mass is 9.63. The molecule has 2 nitrogen and oxygen atoms in total. The van der Waals surface area contributed by atoms with Crippen LogP contribution in [0.5, 0.6) is 0 Å². The van der Waals surface area contributed by atoms with Gasteiger partial charge in [0.05, 0.1) is 0 Å². The third kappa shape index (κ3) is 2.18. The van der Waals surface area contributed by atoms with Gasteiger partial charge in [0.15, 0.2) is 5.50 Å². The van der Waals surface area contributed by atoms with Crippen LogP contribution in [0, 0.1) is 4.91 Å². The number of fused-ring (bicyclic) bond motifs is 1. The van der Waals surface area contributed by atoms with Crippen molar-refractivity contribution in [1.82, 2.24) is 0 Å². The van der Waals surface area contributed by atoms with Crippen LogP contribution >= 0.6 is 11.6 Å². The van der Waals surface area contributed by atoms with Crippen molar-refractivity contribution in [3.63, 3.8) is 0 Å². The molecule has 0 N–H and O–H groups in total. The summed E-state index contributed by atoms with van der Waals surface area (Å²) in [4.78, 5) is 10.6. The predicted molar refractivity (Wildman–Crippen MR) is 76.1 cm³/mol. The molecule has 1 aliphatic rings. The zero-order valence-electron chi connectivity index (χ0n) is 11.5. The highest BCUT2D eigenvalue weighted by Crippen LogP contribution is 2.46. The second-order valence-electron chi connectivity index (χ2n) is 6.51. The first-order valence-electron chi connectivity index (χ1n) is 6.39. The van der Waals surface area contributed by atoms with Gasteiger partial charge >= 0.3 is 0 Å². The molecule has 1 aromatic rings. The van der Waals surface area contributed by atoms with Crippen molar-refractivity contribution in [3.8, 4) is 0 Å². The molecular formula is C15H20ClNO. The number of alkyl halides is 1. The lowest BCUT2D eigenvalue weighted by Crippen LogP contribution is -2.33. The predicted octanol–water partition coefficient (Wildman–Crippen LogP) is 5.04. The van der Waals surface area contributed by atoms with Gasteiger partial charge in [-0.3, -0.25) is 0 Å². The number of rotatable bonds is 2. The number of hydrogen-bond donors (Lipinski definition) is 0. The fourth-order valence-electron chi connectivity index (χ4n) is 2.82. The van der Waals surface area contributed by atoms with E-state index in [2.05, 4.69) is 45.0 Å². The third-order valence-corrected chi connectivity index (χ3v) is 4.58. The Hall–Kier alpha value is -0.890. The van der Waals surface area contributed by atoms with Crippen molar-refractivity contribution in [2.75, 3.05) is 0 Å². The van der Waals surface area contributed by atoms with Gasteiger partial charge < -0.3 is 0 Å². The Morgan fingerprint density at radius 2 is 1.67 bits per heavy atom. The first-order valence-corrected chi connectivity index (χ1v) is 6.83. The fraction of sp³-hybridized carbons (Fsp3) is 0.600. The summed E-state index contributed by atoms with van der Waals surface area (Å²) < 4.78 is 0. The lowest BCUT2D eigenvalue weighted by Gasteiger charge is -2.42. The Morgan fingerprint density at radius 3 is 2.22 bits per heavy atom. The summed E-state index contributed by atoms with van der Waals surface area (Å²) in [6.07, 6.45) is 2.33. The Bertz CT molecular complexity index is 479. The molecule has 1 unspecified atom stereocenters. The van der Waals surface area contributed by atoms with Crippen molar-refractivity contribution in [3.05, 3.63) is 39.8 Å². The van der Waals surface area contributed by atoms with E-state index < -0.39 is 5.50 Å². The number of nitrogens with zero attached hydrogens (tertiary/aromatic N) is 1. The van der Waals surface area contributed by atoms with Crippen LogP contribution in [-0.4, -0.2) is 0 Å². The molecule has 2 rings (SSSR count). The Kier molecular flexibility index (Phi) is 3.26. The standard InChI is InChI=1S/C15H20ClNO/c1-14(2)7-8-15(3,4)12-9-10(13(16)17-18)5-6-11(12)14/h5-6,9,13H,7-8H2,1-4H3. The first kappa shape index (κ1) is 13.5. The molecular weight excluding hydrogens is 246 g/mol. The Morgan fingerprint density at radius 1 is 1.11 bits per heavy atom. The van der Waals surface area contributed by atoms with Crippen LogP contribution in [0.15, 0.2) is 23.4 Å². The second kappa shape index (κ2) is 4.34. The van der Waals surface area contributed by atoms with Gasteiger partial charge in [-0.25, -0.2) is 0 Å². The fourth-order valence-corrected chi connectivity index (χ4v) is 2.95. The van der Waals surface area contributed by atoms with Crippen LogP contribution in [0.4, 0.5) is 0 Å². The van der Waals surface area contributed by atoms with E-state index in [0.717, 1.165) is 12.0 Å². The van der Waals surface area contributed by atoms with E-state index >= 15 is 0 Å². The average molecular weight is 266 g/mol. The maximum atomic E-state index is 10.6. The van der Waals surface area contributed by atoms with Gasteiger partial charge in [-0.15, -0.1) is 4.91 Å². The van der Waals surface area contributed by atoms with Crippen LogP contribution in [0.25, 0.3) is 0 Å². The van der Waals surface area contributed by atoms with E-state index in [9.17, 15) is 4.91 Å². The molecule has 0 aromatic heterocycles. The van der Waals surface area contributed by atoms with Gasteiger partial charge in [-0.2, -0.15) is 0 Å². The molecule has 0 saturated carbocycles. The smallest absolute Gasteiger partial charge is 0.149 e. The number of hydrogen-bond acceptors (Lipinski definition) is 2. The minimum absolute atomic E-state index is 0.139. The van der Waals surface area contributed by atoms with Gasteiger partial charge in [-0.1, -0.05) is 57.5 Å². The van der Waals surface area contributed by atoms with Crippen molar-refractivity contribution in [2.24, 2.45) is 5.18 Å². The quantitative estimate of drug-likeness (QED) is 0.418. The Labute approximate surface area is 114 Å². The van der Waals surface area contributed by atoms with Crippen LogP contribution < -0.4 is 0 Å². The zero-order chi connectivity index (χ0) is 13.6.